The number of hydrogen-bond acceptors (Lipinski definition) is 6. The highest BCUT2D eigenvalue weighted by atomic mass is 32.1. The predicted octanol–water partition coefficient (Wildman–Crippen LogP) is 4.47. The fourth-order valence-electron chi connectivity index (χ4n) is 3.21. The number of carbonyl (C=O) groups is 2. The Bertz CT molecular complexity index is 1210. The molecule has 158 valence electrons. The SMILES string of the molecule is CC(=O)Nc1nc(COC(=O)/C(C#N)=C/c2cc(C)n(-c3ccccc3C)c2C)cs1. The Morgan fingerprint density at radius 2 is 2.03 bits per heavy atom. The third kappa shape index (κ3) is 5.08. The Labute approximate surface area is 184 Å². The first-order chi connectivity index (χ1) is 14.8. The second-order valence-electron chi connectivity index (χ2n) is 7.02. The molecule has 0 saturated heterocycles. The molecule has 8 heteroatoms. The molecule has 0 aliphatic heterocycles. The first-order valence-electron chi connectivity index (χ1n) is 9.56. The summed E-state index contributed by atoms with van der Waals surface area (Å²) in [5.41, 5.74) is 5.28. The number of ether oxygens (including phenoxy) is 1. The molecule has 2 heterocycles. The largest absolute Gasteiger partial charge is 0.455 e. The highest BCUT2D eigenvalue weighted by molar-refractivity contribution is 7.13. The number of aryl methyl sites for hydroxylation is 2. The minimum Gasteiger partial charge on any atom is -0.455 e. The van der Waals surface area contributed by atoms with Gasteiger partial charge in [-0.2, -0.15) is 5.26 Å². The molecule has 1 amide bonds. The zero-order valence-corrected chi connectivity index (χ0v) is 18.5. The van der Waals surface area contributed by atoms with Crippen LogP contribution < -0.4 is 5.32 Å². The zero-order valence-electron chi connectivity index (χ0n) is 17.7. The number of nitrogens with one attached hydrogen (secondary N) is 1. The van der Waals surface area contributed by atoms with Crippen LogP contribution in [0.3, 0.4) is 0 Å². The molecule has 0 aliphatic rings. The number of para-hydroxylation sites is 1. The third-order valence-electron chi connectivity index (χ3n) is 4.65. The summed E-state index contributed by atoms with van der Waals surface area (Å²) >= 11 is 1.23. The van der Waals surface area contributed by atoms with Crippen LogP contribution in [-0.2, 0) is 20.9 Å². The molecule has 2 aromatic heterocycles. The quantitative estimate of drug-likeness (QED) is 0.351. The number of amides is 1. The summed E-state index contributed by atoms with van der Waals surface area (Å²) in [5, 5.41) is 14.2. The molecule has 0 saturated carbocycles. The standard InChI is InChI=1S/C23H22N4O3S/c1-14-7-5-6-8-21(14)27-15(2)9-18(16(27)3)10-19(11-24)22(29)30-12-20-13-31-23(26-20)25-17(4)28/h5-10,13H,12H2,1-4H3,(H,25,26,28)/b19-10+. The van der Waals surface area contributed by atoms with E-state index in [1.165, 1.54) is 18.3 Å². The Balaban J connectivity index is 1.79. The van der Waals surface area contributed by atoms with Gasteiger partial charge in [0.2, 0.25) is 5.91 Å². The second kappa shape index (κ2) is 9.41. The second-order valence-corrected chi connectivity index (χ2v) is 7.88. The molecule has 1 aromatic carbocycles. The molecule has 0 fully saturated rings. The minimum atomic E-state index is -0.725. The van der Waals surface area contributed by atoms with Gasteiger partial charge in [-0.3, -0.25) is 4.79 Å². The number of aromatic nitrogens is 2. The van der Waals surface area contributed by atoms with Gasteiger partial charge in [-0.1, -0.05) is 18.2 Å². The van der Waals surface area contributed by atoms with E-state index in [9.17, 15) is 14.9 Å². The summed E-state index contributed by atoms with van der Waals surface area (Å²) in [6, 6.07) is 11.9. The molecule has 0 radical (unpaired) electrons. The molecule has 3 aromatic rings. The van der Waals surface area contributed by atoms with Gasteiger partial charge in [-0.25, -0.2) is 9.78 Å². The average molecular weight is 435 g/mol. The fraction of sp³-hybridized carbons (Fsp3) is 0.217. The van der Waals surface area contributed by atoms with Crippen LogP contribution in [0, 0.1) is 32.1 Å². The van der Waals surface area contributed by atoms with Crippen LogP contribution in [0.5, 0.6) is 0 Å². The van der Waals surface area contributed by atoms with Crippen molar-refractivity contribution < 1.29 is 14.3 Å². The van der Waals surface area contributed by atoms with E-state index in [4.69, 9.17) is 4.74 Å². The summed E-state index contributed by atoms with van der Waals surface area (Å²) < 4.78 is 7.34. The summed E-state index contributed by atoms with van der Waals surface area (Å²) in [4.78, 5) is 27.7. The van der Waals surface area contributed by atoms with Gasteiger partial charge in [-0.15, -0.1) is 11.3 Å². The summed E-state index contributed by atoms with van der Waals surface area (Å²) in [7, 11) is 0. The smallest absolute Gasteiger partial charge is 0.349 e. The maximum absolute atomic E-state index is 12.4. The molecule has 0 spiro atoms. The van der Waals surface area contributed by atoms with Crippen molar-refractivity contribution >= 4 is 34.4 Å². The average Bonchev–Trinajstić information content (AvgIpc) is 3.28. The van der Waals surface area contributed by atoms with Gasteiger partial charge in [0.25, 0.3) is 0 Å². The first kappa shape index (κ1) is 22.0. The van der Waals surface area contributed by atoms with Crippen LogP contribution in [0.1, 0.15) is 35.1 Å². The van der Waals surface area contributed by atoms with Crippen LogP contribution >= 0.6 is 11.3 Å². The number of carbonyl (C=O) groups excluding carboxylic acids is 2. The van der Waals surface area contributed by atoms with E-state index in [1.54, 1.807) is 11.5 Å². The van der Waals surface area contributed by atoms with Gasteiger partial charge in [0, 0.05) is 29.4 Å². The summed E-state index contributed by atoms with van der Waals surface area (Å²) in [5.74, 6) is -0.951. The van der Waals surface area contributed by atoms with Crippen LogP contribution in [0.4, 0.5) is 5.13 Å². The van der Waals surface area contributed by atoms with E-state index in [-0.39, 0.29) is 18.1 Å². The molecule has 7 nitrogen and oxygen atoms in total. The molecule has 0 unspecified atom stereocenters. The van der Waals surface area contributed by atoms with Gasteiger partial charge < -0.3 is 14.6 Å². The van der Waals surface area contributed by atoms with Gasteiger partial charge >= 0.3 is 5.97 Å². The van der Waals surface area contributed by atoms with Crippen LogP contribution in [0.25, 0.3) is 11.8 Å². The number of hydrogen-bond donors (Lipinski definition) is 1. The van der Waals surface area contributed by atoms with Crippen molar-refractivity contribution in [3.05, 3.63) is 69.5 Å². The van der Waals surface area contributed by atoms with E-state index in [0.717, 1.165) is 28.2 Å². The van der Waals surface area contributed by atoms with Gasteiger partial charge in [0.05, 0.1) is 5.69 Å². The van der Waals surface area contributed by atoms with Gasteiger partial charge in [0.1, 0.15) is 18.2 Å². The summed E-state index contributed by atoms with van der Waals surface area (Å²) in [6.45, 7) is 7.27. The van der Waals surface area contributed by atoms with Crippen LogP contribution in [0.2, 0.25) is 0 Å². The molecule has 0 aliphatic carbocycles. The fourth-order valence-corrected chi connectivity index (χ4v) is 3.95. The van der Waals surface area contributed by atoms with Gasteiger partial charge in [-0.05, 0) is 50.1 Å². The topological polar surface area (TPSA) is 97.0 Å². The minimum absolute atomic E-state index is 0.0871. The van der Waals surface area contributed by atoms with E-state index in [0.29, 0.717) is 10.8 Å². The molecule has 0 bridgehead atoms. The van der Waals surface area contributed by atoms with Crippen molar-refractivity contribution in [2.45, 2.75) is 34.3 Å². The monoisotopic (exact) mass is 434 g/mol. The number of nitrogens with zero attached hydrogens (tertiary/aromatic N) is 3. The number of anilines is 1. The maximum atomic E-state index is 12.4. The van der Waals surface area contributed by atoms with Crippen molar-refractivity contribution in [3.63, 3.8) is 0 Å². The number of thiazole rings is 1. The van der Waals surface area contributed by atoms with Crippen molar-refractivity contribution in [1.82, 2.24) is 9.55 Å². The third-order valence-corrected chi connectivity index (χ3v) is 5.46. The number of esters is 1. The van der Waals surface area contributed by atoms with Crippen LogP contribution in [0.15, 0.2) is 41.3 Å². The molecule has 31 heavy (non-hydrogen) atoms. The molecule has 1 N–H and O–H groups in total. The van der Waals surface area contributed by atoms with Crippen molar-refractivity contribution in [3.8, 4) is 11.8 Å². The molecular weight excluding hydrogens is 412 g/mol. The number of nitriles is 1. The van der Waals surface area contributed by atoms with E-state index in [2.05, 4.69) is 14.9 Å². The van der Waals surface area contributed by atoms with Crippen LogP contribution in [-0.4, -0.2) is 21.4 Å². The first-order valence-corrected chi connectivity index (χ1v) is 10.4. The predicted molar refractivity (Wildman–Crippen MR) is 120 cm³/mol. The van der Waals surface area contributed by atoms with Crippen molar-refractivity contribution in [2.24, 2.45) is 0 Å². The van der Waals surface area contributed by atoms with Crippen molar-refractivity contribution in [2.75, 3.05) is 5.32 Å². The Kier molecular flexibility index (Phi) is 6.68. The lowest BCUT2D eigenvalue weighted by atomic mass is 10.1. The highest BCUT2D eigenvalue weighted by Crippen LogP contribution is 2.25. The lowest BCUT2D eigenvalue weighted by Gasteiger charge is -2.12. The Morgan fingerprint density at radius 3 is 2.71 bits per heavy atom. The van der Waals surface area contributed by atoms with E-state index in [1.807, 2.05) is 57.2 Å². The van der Waals surface area contributed by atoms with E-state index < -0.39 is 5.97 Å². The van der Waals surface area contributed by atoms with Crippen molar-refractivity contribution in [1.29, 1.82) is 5.26 Å². The van der Waals surface area contributed by atoms with Gasteiger partial charge in [0.15, 0.2) is 5.13 Å². The number of rotatable bonds is 6. The Hall–Kier alpha value is -3.70. The molecule has 3 rings (SSSR count). The molecule has 0 atom stereocenters. The summed E-state index contributed by atoms with van der Waals surface area (Å²) in [6.07, 6.45) is 1.54. The molecular formula is C23H22N4O3S. The van der Waals surface area contributed by atoms with E-state index >= 15 is 0 Å². The maximum Gasteiger partial charge on any atom is 0.349 e. The zero-order chi connectivity index (χ0) is 22.5. The highest BCUT2D eigenvalue weighted by Gasteiger charge is 2.16. The lowest BCUT2D eigenvalue weighted by Crippen LogP contribution is -2.08. The Morgan fingerprint density at radius 1 is 1.29 bits per heavy atom. The lowest BCUT2D eigenvalue weighted by molar-refractivity contribution is -0.139. The number of benzene rings is 1. The normalized spacial score (nSPS) is 11.1.